The van der Waals surface area contributed by atoms with Gasteiger partial charge in [-0.05, 0) is 39.8 Å². The molecule has 5 heteroatoms. The lowest BCUT2D eigenvalue weighted by molar-refractivity contribution is -0.133. The molecule has 1 heterocycles. The highest BCUT2D eigenvalue weighted by Crippen LogP contribution is 2.20. The third-order valence-corrected chi connectivity index (χ3v) is 4.99. The van der Waals surface area contributed by atoms with Gasteiger partial charge in [-0.1, -0.05) is 30.3 Å². The highest BCUT2D eigenvalue weighted by atomic mass is 16.3. The van der Waals surface area contributed by atoms with Crippen LogP contribution in [0, 0.1) is 0 Å². The third kappa shape index (κ3) is 4.79. The Morgan fingerprint density at radius 1 is 1.21 bits per heavy atom. The maximum atomic E-state index is 12.7. The second-order valence-corrected chi connectivity index (χ2v) is 7.39. The summed E-state index contributed by atoms with van der Waals surface area (Å²) in [6.45, 7) is 9.68. The van der Waals surface area contributed by atoms with E-state index in [4.69, 9.17) is 0 Å². The molecule has 0 aromatic heterocycles. The molecule has 1 fully saturated rings. The van der Waals surface area contributed by atoms with Crippen LogP contribution in [0.25, 0.3) is 0 Å². The van der Waals surface area contributed by atoms with E-state index in [-0.39, 0.29) is 11.9 Å². The summed E-state index contributed by atoms with van der Waals surface area (Å²) < 4.78 is 0. The molecule has 24 heavy (non-hydrogen) atoms. The van der Waals surface area contributed by atoms with Crippen molar-refractivity contribution in [3.05, 3.63) is 35.9 Å². The van der Waals surface area contributed by atoms with Gasteiger partial charge in [-0.15, -0.1) is 0 Å². The van der Waals surface area contributed by atoms with Crippen molar-refractivity contribution in [3.63, 3.8) is 0 Å². The maximum absolute atomic E-state index is 12.7. The first-order chi connectivity index (χ1) is 11.3. The quantitative estimate of drug-likeness (QED) is 0.831. The van der Waals surface area contributed by atoms with E-state index in [1.807, 2.05) is 51.1 Å². The smallest absolute Gasteiger partial charge is 0.240 e. The van der Waals surface area contributed by atoms with Crippen molar-refractivity contribution in [1.29, 1.82) is 0 Å². The van der Waals surface area contributed by atoms with Gasteiger partial charge in [0.05, 0.1) is 11.6 Å². The molecular formula is C19H31N3O2. The second kappa shape index (κ2) is 8.10. The molecule has 0 aliphatic carbocycles. The average Bonchev–Trinajstić information content (AvgIpc) is 2.55. The monoisotopic (exact) mass is 333 g/mol. The summed E-state index contributed by atoms with van der Waals surface area (Å²) in [7, 11) is 2.11. The predicted molar refractivity (Wildman–Crippen MR) is 96.8 cm³/mol. The summed E-state index contributed by atoms with van der Waals surface area (Å²) in [6, 6.07) is 9.50. The van der Waals surface area contributed by atoms with Gasteiger partial charge in [0.15, 0.2) is 0 Å². The molecule has 1 aromatic carbocycles. The molecule has 134 valence electrons. The van der Waals surface area contributed by atoms with Crippen LogP contribution in [0.5, 0.6) is 0 Å². The van der Waals surface area contributed by atoms with Crippen molar-refractivity contribution < 1.29 is 9.90 Å². The Balaban J connectivity index is 1.88. The van der Waals surface area contributed by atoms with Crippen molar-refractivity contribution in [2.75, 3.05) is 33.2 Å². The molecule has 2 unspecified atom stereocenters. The number of aliphatic hydroxyl groups is 1. The molecule has 1 aliphatic rings. The number of carbonyl (C=O) groups excluding carboxylic acids is 1. The van der Waals surface area contributed by atoms with Crippen LogP contribution < -0.4 is 5.32 Å². The summed E-state index contributed by atoms with van der Waals surface area (Å²) >= 11 is 0. The summed E-state index contributed by atoms with van der Waals surface area (Å²) in [4.78, 5) is 17.2. The van der Waals surface area contributed by atoms with Crippen LogP contribution in [0.4, 0.5) is 0 Å². The van der Waals surface area contributed by atoms with Gasteiger partial charge < -0.3 is 15.3 Å². The lowest BCUT2D eigenvalue weighted by Gasteiger charge is -2.42. The van der Waals surface area contributed by atoms with Gasteiger partial charge in [-0.3, -0.25) is 9.69 Å². The van der Waals surface area contributed by atoms with Crippen LogP contribution in [-0.2, 0) is 4.79 Å². The standard InChI is InChI=1S/C19H31N3O2/c1-15(14-17(23)16-8-6-5-7-9-16)20-18(24)19(2,3)22-12-10-21(4)11-13-22/h5-9,15,17,23H,10-14H2,1-4H3,(H,20,24). The molecule has 2 N–H and O–H groups in total. The highest BCUT2D eigenvalue weighted by Gasteiger charge is 2.36. The fourth-order valence-corrected chi connectivity index (χ4v) is 3.11. The van der Waals surface area contributed by atoms with E-state index in [1.54, 1.807) is 0 Å². The molecule has 1 aromatic rings. The molecular weight excluding hydrogens is 302 g/mol. The first-order valence-electron chi connectivity index (χ1n) is 8.78. The van der Waals surface area contributed by atoms with E-state index < -0.39 is 11.6 Å². The molecule has 2 rings (SSSR count). The fraction of sp³-hybridized carbons (Fsp3) is 0.632. The van der Waals surface area contributed by atoms with Crippen molar-refractivity contribution in [2.45, 2.75) is 44.9 Å². The first kappa shape index (κ1) is 18.9. The summed E-state index contributed by atoms with van der Waals surface area (Å²) in [6.07, 6.45) is -0.0533. The van der Waals surface area contributed by atoms with E-state index in [2.05, 4.69) is 22.2 Å². The Labute approximate surface area is 145 Å². The number of nitrogens with one attached hydrogen (secondary N) is 1. The minimum absolute atomic E-state index is 0.0276. The van der Waals surface area contributed by atoms with Crippen LogP contribution in [-0.4, -0.2) is 65.6 Å². The Kier molecular flexibility index (Phi) is 6.38. The molecule has 0 radical (unpaired) electrons. The summed E-state index contributed by atoms with van der Waals surface area (Å²) in [5.74, 6) is 0.0276. The normalized spacial score (nSPS) is 19.7. The molecule has 0 spiro atoms. The lowest BCUT2D eigenvalue weighted by Crippen LogP contribution is -2.61. The van der Waals surface area contributed by atoms with Gasteiger partial charge >= 0.3 is 0 Å². The van der Waals surface area contributed by atoms with Crippen LogP contribution in [0.15, 0.2) is 30.3 Å². The number of likely N-dealkylation sites (N-methyl/N-ethyl adjacent to an activating group) is 1. The zero-order chi connectivity index (χ0) is 17.7. The first-order valence-corrected chi connectivity index (χ1v) is 8.78. The predicted octanol–water partition coefficient (Wildman–Crippen LogP) is 1.64. The molecule has 1 aliphatic heterocycles. The van der Waals surface area contributed by atoms with Crippen LogP contribution >= 0.6 is 0 Å². The second-order valence-electron chi connectivity index (χ2n) is 7.39. The molecule has 1 amide bonds. The Hall–Kier alpha value is -1.43. The molecule has 0 saturated carbocycles. The average molecular weight is 333 g/mol. The fourth-order valence-electron chi connectivity index (χ4n) is 3.11. The van der Waals surface area contributed by atoms with Crippen molar-refractivity contribution in [1.82, 2.24) is 15.1 Å². The summed E-state index contributed by atoms with van der Waals surface area (Å²) in [5.41, 5.74) is 0.352. The van der Waals surface area contributed by atoms with Crippen LogP contribution in [0.3, 0.4) is 0 Å². The molecule has 5 nitrogen and oxygen atoms in total. The van der Waals surface area contributed by atoms with Crippen LogP contribution in [0.2, 0.25) is 0 Å². The number of nitrogens with zero attached hydrogens (tertiary/aromatic N) is 2. The molecule has 1 saturated heterocycles. The minimum Gasteiger partial charge on any atom is -0.388 e. The number of hydrogen-bond donors (Lipinski definition) is 2. The topological polar surface area (TPSA) is 55.8 Å². The van der Waals surface area contributed by atoms with Gasteiger partial charge in [0.25, 0.3) is 0 Å². The number of carbonyl (C=O) groups is 1. The number of hydrogen-bond acceptors (Lipinski definition) is 4. The van der Waals surface area contributed by atoms with E-state index >= 15 is 0 Å². The van der Waals surface area contributed by atoms with Gasteiger partial charge in [-0.25, -0.2) is 0 Å². The highest BCUT2D eigenvalue weighted by molar-refractivity contribution is 5.85. The molecule has 0 bridgehead atoms. The SMILES string of the molecule is CC(CC(O)c1ccccc1)NC(=O)C(C)(C)N1CCN(C)CC1. The number of rotatable bonds is 6. The summed E-state index contributed by atoms with van der Waals surface area (Å²) in [5, 5.41) is 13.4. The number of aliphatic hydroxyl groups excluding tert-OH is 1. The van der Waals surface area contributed by atoms with Gasteiger partial charge in [0.2, 0.25) is 5.91 Å². The number of amides is 1. The van der Waals surface area contributed by atoms with Gasteiger partial charge in [0, 0.05) is 32.2 Å². The van der Waals surface area contributed by atoms with E-state index in [1.165, 1.54) is 0 Å². The lowest BCUT2D eigenvalue weighted by atomic mass is 9.98. The van der Waals surface area contributed by atoms with Gasteiger partial charge in [-0.2, -0.15) is 0 Å². The Bertz CT molecular complexity index is 525. The third-order valence-electron chi connectivity index (χ3n) is 4.99. The van der Waals surface area contributed by atoms with E-state index in [0.717, 1.165) is 31.7 Å². The van der Waals surface area contributed by atoms with E-state index in [0.29, 0.717) is 6.42 Å². The van der Waals surface area contributed by atoms with Crippen LogP contribution in [0.1, 0.15) is 38.9 Å². The Morgan fingerprint density at radius 2 is 1.79 bits per heavy atom. The zero-order valence-corrected chi connectivity index (χ0v) is 15.3. The zero-order valence-electron chi connectivity index (χ0n) is 15.3. The number of piperazine rings is 1. The Morgan fingerprint density at radius 3 is 2.38 bits per heavy atom. The molecule has 2 atom stereocenters. The van der Waals surface area contributed by atoms with Crippen molar-refractivity contribution in [2.24, 2.45) is 0 Å². The van der Waals surface area contributed by atoms with Crippen molar-refractivity contribution in [3.8, 4) is 0 Å². The van der Waals surface area contributed by atoms with Gasteiger partial charge in [0.1, 0.15) is 0 Å². The minimum atomic E-state index is -0.562. The maximum Gasteiger partial charge on any atom is 0.240 e. The van der Waals surface area contributed by atoms with E-state index in [9.17, 15) is 9.90 Å². The largest absolute Gasteiger partial charge is 0.388 e. The number of benzene rings is 1. The van der Waals surface area contributed by atoms with Crippen molar-refractivity contribution >= 4 is 5.91 Å².